The third-order valence-corrected chi connectivity index (χ3v) is 5.60. The van der Waals surface area contributed by atoms with Gasteiger partial charge in [-0.15, -0.1) is 0 Å². The average Bonchev–Trinajstić information content (AvgIpc) is 2.89. The maximum atomic E-state index is 12.5. The lowest BCUT2D eigenvalue weighted by Gasteiger charge is -2.12. The third kappa shape index (κ3) is 6.88. The maximum absolute atomic E-state index is 12.5. The number of benzene rings is 4. The molecule has 0 fully saturated rings. The monoisotopic (exact) mass is 483 g/mol. The zero-order chi connectivity index (χ0) is 24.5. The SMILES string of the molecule is O=C(Cc1cccc2ccccc12)NNC(=S)NC(=O)c1ccc(OCCc2ccccc2)cc1. The fraction of sp³-hybridized carbons (Fsp3) is 0.107. The van der Waals surface area contributed by atoms with Gasteiger partial charge >= 0.3 is 0 Å². The van der Waals surface area contributed by atoms with E-state index in [1.54, 1.807) is 24.3 Å². The van der Waals surface area contributed by atoms with Crippen LogP contribution in [-0.2, 0) is 17.6 Å². The molecule has 35 heavy (non-hydrogen) atoms. The van der Waals surface area contributed by atoms with Gasteiger partial charge < -0.3 is 4.74 Å². The molecule has 3 N–H and O–H groups in total. The van der Waals surface area contributed by atoms with E-state index in [9.17, 15) is 9.59 Å². The van der Waals surface area contributed by atoms with Crippen LogP contribution in [-0.4, -0.2) is 23.5 Å². The van der Waals surface area contributed by atoms with Crippen LogP contribution in [0.3, 0.4) is 0 Å². The summed E-state index contributed by atoms with van der Waals surface area (Å²) < 4.78 is 5.75. The van der Waals surface area contributed by atoms with E-state index in [1.165, 1.54) is 5.56 Å². The van der Waals surface area contributed by atoms with E-state index in [4.69, 9.17) is 17.0 Å². The molecular formula is C28H25N3O3S. The molecule has 0 aliphatic carbocycles. The largest absolute Gasteiger partial charge is 0.493 e. The number of nitrogens with one attached hydrogen (secondary N) is 3. The number of carbonyl (C=O) groups is 2. The van der Waals surface area contributed by atoms with Gasteiger partial charge in [-0.25, -0.2) is 0 Å². The van der Waals surface area contributed by atoms with Gasteiger partial charge in [0.05, 0.1) is 13.0 Å². The molecule has 176 valence electrons. The fourth-order valence-electron chi connectivity index (χ4n) is 3.63. The summed E-state index contributed by atoms with van der Waals surface area (Å²) >= 11 is 5.14. The number of carbonyl (C=O) groups excluding carboxylic acids is 2. The molecule has 4 aromatic rings. The number of hydrogen-bond acceptors (Lipinski definition) is 4. The normalized spacial score (nSPS) is 10.4. The molecule has 4 aromatic carbocycles. The van der Waals surface area contributed by atoms with Crippen molar-refractivity contribution in [1.29, 1.82) is 0 Å². The number of amides is 2. The maximum Gasteiger partial charge on any atom is 0.257 e. The van der Waals surface area contributed by atoms with Crippen LogP contribution in [0, 0.1) is 0 Å². The summed E-state index contributed by atoms with van der Waals surface area (Å²) in [6.07, 6.45) is 0.978. The summed E-state index contributed by atoms with van der Waals surface area (Å²) in [6, 6.07) is 30.6. The number of thiocarbonyl (C=S) groups is 1. The summed E-state index contributed by atoms with van der Waals surface area (Å²) in [7, 11) is 0. The minimum absolute atomic E-state index is 0.00413. The van der Waals surface area contributed by atoms with E-state index in [1.807, 2.05) is 60.7 Å². The Morgan fingerprint density at radius 3 is 2.29 bits per heavy atom. The van der Waals surface area contributed by atoms with Gasteiger partial charge in [0.25, 0.3) is 5.91 Å². The Kier molecular flexibility index (Phi) is 8.04. The van der Waals surface area contributed by atoms with Crippen molar-refractivity contribution < 1.29 is 14.3 Å². The Hall–Kier alpha value is -4.23. The van der Waals surface area contributed by atoms with Gasteiger partial charge in [0.1, 0.15) is 5.75 Å². The van der Waals surface area contributed by atoms with Crippen molar-refractivity contribution in [3.05, 3.63) is 114 Å². The Morgan fingerprint density at radius 2 is 1.49 bits per heavy atom. The Balaban J connectivity index is 1.21. The van der Waals surface area contributed by atoms with Crippen LogP contribution in [0.25, 0.3) is 10.8 Å². The van der Waals surface area contributed by atoms with Gasteiger partial charge in [-0.2, -0.15) is 0 Å². The number of hydrogen-bond donors (Lipinski definition) is 3. The molecule has 0 aromatic heterocycles. The van der Waals surface area contributed by atoms with Crippen LogP contribution < -0.4 is 20.9 Å². The lowest BCUT2D eigenvalue weighted by molar-refractivity contribution is -0.121. The predicted molar refractivity (Wildman–Crippen MR) is 141 cm³/mol. The Morgan fingerprint density at radius 1 is 0.771 bits per heavy atom. The third-order valence-electron chi connectivity index (χ3n) is 5.39. The lowest BCUT2D eigenvalue weighted by atomic mass is 10.0. The van der Waals surface area contributed by atoms with Crippen molar-refractivity contribution in [3.8, 4) is 5.75 Å². The average molecular weight is 484 g/mol. The van der Waals surface area contributed by atoms with Crippen molar-refractivity contribution in [2.45, 2.75) is 12.8 Å². The smallest absolute Gasteiger partial charge is 0.257 e. The van der Waals surface area contributed by atoms with Crippen LogP contribution in [0.2, 0.25) is 0 Å². The molecule has 0 saturated carbocycles. The van der Waals surface area contributed by atoms with Crippen molar-refractivity contribution in [1.82, 2.24) is 16.2 Å². The van der Waals surface area contributed by atoms with Gasteiger partial charge in [-0.05, 0) is 58.4 Å². The summed E-state index contributed by atoms with van der Waals surface area (Å²) in [5.74, 6) is 0.0236. The van der Waals surface area contributed by atoms with Crippen LogP contribution in [0.15, 0.2) is 97.1 Å². The van der Waals surface area contributed by atoms with Crippen LogP contribution in [0.1, 0.15) is 21.5 Å². The molecule has 0 saturated heterocycles. The van der Waals surface area contributed by atoms with Gasteiger partial charge in [0.2, 0.25) is 5.91 Å². The highest BCUT2D eigenvalue weighted by Crippen LogP contribution is 2.18. The first-order chi connectivity index (χ1) is 17.1. The highest BCUT2D eigenvalue weighted by molar-refractivity contribution is 7.80. The van der Waals surface area contributed by atoms with E-state index in [-0.39, 0.29) is 23.3 Å². The molecule has 0 spiro atoms. The molecule has 7 heteroatoms. The molecule has 0 aliphatic rings. The van der Waals surface area contributed by atoms with Crippen LogP contribution in [0.5, 0.6) is 5.75 Å². The number of rotatable bonds is 7. The second kappa shape index (κ2) is 11.8. The van der Waals surface area contributed by atoms with Gasteiger partial charge in [-0.3, -0.25) is 25.8 Å². The molecule has 0 atom stereocenters. The molecule has 0 radical (unpaired) electrons. The first kappa shape index (κ1) is 23.9. The Bertz CT molecular complexity index is 1320. The van der Waals surface area contributed by atoms with E-state index in [2.05, 4.69) is 28.3 Å². The first-order valence-electron chi connectivity index (χ1n) is 11.2. The minimum Gasteiger partial charge on any atom is -0.493 e. The first-order valence-corrected chi connectivity index (χ1v) is 11.6. The fourth-order valence-corrected chi connectivity index (χ4v) is 3.77. The van der Waals surface area contributed by atoms with E-state index >= 15 is 0 Å². The van der Waals surface area contributed by atoms with E-state index in [0.717, 1.165) is 22.8 Å². The second-order valence-corrected chi connectivity index (χ2v) is 8.29. The molecule has 6 nitrogen and oxygen atoms in total. The predicted octanol–water partition coefficient (Wildman–Crippen LogP) is 4.34. The molecule has 0 bridgehead atoms. The van der Waals surface area contributed by atoms with Crippen molar-refractivity contribution >= 4 is 39.9 Å². The summed E-state index contributed by atoms with van der Waals surface area (Å²) in [5, 5.41) is 4.65. The standard InChI is InChI=1S/C28H25N3O3S/c32-26(19-23-11-6-10-21-9-4-5-12-25(21)23)30-31-28(35)29-27(33)22-13-15-24(16-14-22)34-18-17-20-7-2-1-3-8-20/h1-16H,17-19H2,(H,30,32)(H2,29,31,33,35). The number of ether oxygens (including phenoxy) is 1. The van der Waals surface area contributed by atoms with Gasteiger partial charge in [0, 0.05) is 12.0 Å². The highest BCUT2D eigenvalue weighted by atomic mass is 32.1. The van der Waals surface area contributed by atoms with Crippen molar-refractivity contribution in [2.24, 2.45) is 0 Å². The molecule has 0 unspecified atom stereocenters. The van der Waals surface area contributed by atoms with Gasteiger partial charge in [0.15, 0.2) is 5.11 Å². The van der Waals surface area contributed by atoms with E-state index < -0.39 is 0 Å². The minimum atomic E-state index is -0.387. The number of hydrazine groups is 1. The zero-order valence-corrected chi connectivity index (χ0v) is 19.8. The highest BCUT2D eigenvalue weighted by Gasteiger charge is 2.10. The Labute approximate surface area is 209 Å². The van der Waals surface area contributed by atoms with Crippen molar-refractivity contribution in [2.75, 3.05) is 6.61 Å². The number of fused-ring (bicyclic) bond motifs is 1. The molecule has 0 aliphatic heterocycles. The summed E-state index contributed by atoms with van der Waals surface area (Å²) in [5.41, 5.74) is 7.65. The van der Waals surface area contributed by atoms with E-state index in [0.29, 0.717) is 17.9 Å². The lowest BCUT2D eigenvalue weighted by Crippen LogP contribution is -2.48. The molecule has 4 rings (SSSR count). The second-order valence-electron chi connectivity index (χ2n) is 7.88. The molecule has 0 heterocycles. The van der Waals surface area contributed by atoms with Crippen molar-refractivity contribution in [3.63, 3.8) is 0 Å². The van der Waals surface area contributed by atoms with Crippen LogP contribution in [0.4, 0.5) is 0 Å². The summed E-state index contributed by atoms with van der Waals surface area (Å²) in [4.78, 5) is 24.8. The van der Waals surface area contributed by atoms with Gasteiger partial charge in [-0.1, -0.05) is 72.8 Å². The topological polar surface area (TPSA) is 79.5 Å². The summed E-state index contributed by atoms with van der Waals surface area (Å²) in [6.45, 7) is 0.544. The molecular weight excluding hydrogens is 458 g/mol. The zero-order valence-electron chi connectivity index (χ0n) is 19.0. The van der Waals surface area contributed by atoms with Crippen LogP contribution >= 0.6 is 12.2 Å². The quantitative estimate of drug-likeness (QED) is 0.269. The molecule has 2 amide bonds.